The van der Waals surface area contributed by atoms with E-state index in [1.54, 1.807) is 12.1 Å². The van der Waals surface area contributed by atoms with Gasteiger partial charge in [-0.05, 0) is 17.7 Å². The molecule has 1 unspecified atom stereocenters. The van der Waals surface area contributed by atoms with Gasteiger partial charge < -0.3 is 15.3 Å². The van der Waals surface area contributed by atoms with Crippen LogP contribution in [0.1, 0.15) is 11.3 Å². The average molecular weight is 288 g/mol. The first-order valence-corrected chi connectivity index (χ1v) is 6.69. The molecule has 3 aromatic rings. The van der Waals surface area contributed by atoms with Crippen molar-refractivity contribution in [1.29, 1.82) is 0 Å². The molecule has 0 aliphatic rings. The molecule has 1 heterocycles. The first-order valence-electron chi connectivity index (χ1n) is 6.31. The SMILES string of the molecule is NCC(O)(c1ccccc1)c1cc2cccc(Cl)c2o1. The standard InChI is InChI=1S/C16H14ClNO2/c17-13-8-4-5-11-9-14(20-15(11)13)16(19,10-18)12-6-2-1-3-7-12/h1-9,19H,10,18H2. The quantitative estimate of drug-likeness (QED) is 0.777. The van der Waals surface area contributed by atoms with E-state index in [1.807, 2.05) is 42.5 Å². The van der Waals surface area contributed by atoms with Crippen molar-refractivity contribution in [2.24, 2.45) is 5.73 Å². The summed E-state index contributed by atoms with van der Waals surface area (Å²) in [5, 5.41) is 12.3. The maximum absolute atomic E-state index is 10.9. The zero-order valence-corrected chi connectivity index (χ0v) is 11.5. The molecule has 0 fully saturated rings. The van der Waals surface area contributed by atoms with Crippen molar-refractivity contribution in [1.82, 2.24) is 0 Å². The molecular weight excluding hydrogens is 274 g/mol. The van der Waals surface area contributed by atoms with Gasteiger partial charge in [0.1, 0.15) is 5.76 Å². The maximum Gasteiger partial charge on any atom is 0.159 e. The van der Waals surface area contributed by atoms with Crippen LogP contribution in [0.15, 0.2) is 59.0 Å². The Morgan fingerprint density at radius 2 is 1.85 bits per heavy atom. The number of aliphatic hydroxyl groups is 1. The summed E-state index contributed by atoms with van der Waals surface area (Å²) < 4.78 is 5.75. The molecule has 0 saturated heterocycles. The van der Waals surface area contributed by atoms with E-state index in [0.29, 0.717) is 21.9 Å². The van der Waals surface area contributed by atoms with Crippen molar-refractivity contribution < 1.29 is 9.52 Å². The summed E-state index contributed by atoms with van der Waals surface area (Å²) >= 11 is 6.10. The lowest BCUT2D eigenvalue weighted by Crippen LogP contribution is -2.35. The van der Waals surface area contributed by atoms with Crippen molar-refractivity contribution in [2.75, 3.05) is 6.54 Å². The Kier molecular flexibility index (Phi) is 3.26. The van der Waals surface area contributed by atoms with Gasteiger partial charge in [-0.25, -0.2) is 0 Å². The molecule has 0 saturated carbocycles. The van der Waals surface area contributed by atoms with Crippen LogP contribution in [0.2, 0.25) is 5.02 Å². The van der Waals surface area contributed by atoms with Crippen LogP contribution in [0.3, 0.4) is 0 Å². The predicted octanol–water partition coefficient (Wildman–Crippen LogP) is 3.28. The van der Waals surface area contributed by atoms with Crippen LogP contribution < -0.4 is 5.73 Å². The first kappa shape index (κ1) is 13.2. The Balaban J connectivity index is 2.19. The second kappa shape index (κ2) is 4.94. The Labute approximate surface area is 121 Å². The van der Waals surface area contributed by atoms with E-state index in [-0.39, 0.29) is 6.54 Å². The first-order chi connectivity index (χ1) is 9.65. The van der Waals surface area contributed by atoms with Gasteiger partial charge in [0, 0.05) is 11.9 Å². The number of fused-ring (bicyclic) bond motifs is 1. The van der Waals surface area contributed by atoms with E-state index < -0.39 is 5.60 Å². The highest BCUT2D eigenvalue weighted by molar-refractivity contribution is 6.34. The molecule has 0 aliphatic carbocycles. The Morgan fingerprint density at radius 3 is 2.50 bits per heavy atom. The zero-order valence-electron chi connectivity index (χ0n) is 10.7. The molecule has 0 aliphatic heterocycles. The third-order valence-corrected chi connectivity index (χ3v) is 3.75. The summed E-state index contributed by atoms with van der Waals surface area (Å²) in [7, 11) is 0. The molecule has 20 heavy (non-hydrogen) atoms. The van der Waals surface area contributed by atoms with Crippen molar-refractivity contribution in [3.05, 3.63) is 70.9 Å². The lowest BCUT2D eigenvalue weighted by Gasteiger charge is -2.24. The molecule has 0 spiro atoms. The number of hydrogen-bond acceptors (Lipinski definition) is 3. The number of nitrogens with two attached hydrogens (primary N) is 1. The van der Waals surface area contributed by atoms with Crippen LogP contribution in [-0.4, -0.2) is 11.7 Å². The molecule has 3 nitrogen and oxygen atoms in total. The normalized spacial score (nSPS) is 14.3. The summed E-state index contributed by atoms with van der Waals surface area (Å²) in [4.78, 5) is 0. The van der Waals surface area contributed by atoms with Gasteiger partial charge in [-0.15, -0.1) is 0 Å². The number of halogens is 1. The van der Waals surface area contributed by atoms with Crippen LogP contribution in [0.25, 0.3) is 11.0 Å². The van der Waals surface area contributed by atoms with E-state index >= 15 is 0 Å². The van der Waals surface area contributed by atoms with Gasteiger partial charge in [0.25, 0.3) is 0 Å². The molecule has 102 valence electrons. The maximum atomic E-state index is 10.9. The monoisotopic (exact) mass is 287 g/mol. The molecule has 3 N–H and O–H groups in total. The van der Waals surface area contributed by atoms with Crippen LogP contribution >= 0.6 is 11.6 Å². The van der Waals surface area contributed by atoms with Crippen LogP contribution in [0, 0.1) is 0 Å². The number of rotatable bonds is 3. The molecule has 1 atom stereocenters. The van der Waals surface area contributed by atoms with Crippen LogP contribution in [0.5, 0.6) is 0 Å². The van der Waals surface area contributed by atoms with Crippen molar-refractivity contribution in [3.63, 3.8) is 0 Å². The largest absolute Gasteiger partial charge is 0.456 e. The minimum absolute atomic E-state index is 0.0223. The molecule has 4 heteroatoms. The highest BCUT2D eigenvalue weighted by Gasteiger charge is 2.33. The molecule has 0 amide bonds. The van der Waals surface area contributed by atoms with Crippen LogP contribution in [-0.2, 0) is 5.60 Å². The van der Waals surface area contributed by atoms with E-state index in [2.05, 4.69) is 0 Å². The van der Waals surface area contributed by atoms with Gasteiger partial charge in [0.2, 0.25) is 0 Å². The molecular formula is C16H14ClNO2. The van der Waals surface area contributed by atoms with Gasteiger partial charge in [-0.3, -0.25) is 0 Å². The third-order valence-electron chi connectivity index (χ3n) is 3.45. The Morgan fingerprint density at radius 1 is 1.10 bits per heavy atom. The van der Waals surface area contributed by atoms with Gasteiger partial charge in [-0.2, -0.15) is 0 Å². The van der Waals surface area contributed by atoms with E-state index in [0.717, 1.165) is 5.39 Å². The molecule has 0 radical (unpaired) electrons. The van der Waals surface area contributed by atoms with Crippen molar-refractivity contribution in [2.45, 2.75) is 5.60 Å². The fourth-order valence-electron chi connectivity index (χ4n) is 2.31. The summed E-state index contributed by atoms with van der Waals surface area (Å²) in [6.45, 7) is 0.0223. The molecule has 2 aromatic carbocycles. The van der Waals surface area contributed by atoms with E-state index in [9.17, 15) is 5.11 Å². The molecule has 3 rings (SSSR count). The third kappa shape index (κ3) is 2.00. The topological polar surface area (TPSA) is 59.4 Å². The van der Waals surface area contributed by atoms with Crippen molar-refractivity contribution >= 4 is 22.6 Å². The summed E-state index contributed by atoms with van der Waals surface area (Å²) in [5.41, 5.74) is 5.68. The number of furan rings is 1. The lowest BCUT2D eigenvalue weighted by molar-refractivity contribution is 0.0675. The zero-order chi connectivity index (χ0) is 14.2. The highest BCUT2D eigenvalue weighted by Crippen LogP contribution is 2.35. The van der Waals surface area contributed by atoms with Gasteiger partial charge >= 0.3 is 0 Å². The Hall–Kier alpha value is -1.81. The van der Waals surface area contributed by atoms with Gasteiger partial charge in [0.15, 0.2) is 11.2 Å². The number of benzene rings is 2. The predicted molar refractivity (Wildman–Crippen MR) is 79.7 cm³/mol. The lowest BCUT2D eigenvalue weighted by atomic mass is 9.91. The highest BCUT2D eigenvalue weighted by atomic mass is 35.5. The Bertz CT molecular complexity index is 739. The summed E-state index contributed by atoms with van der Waals surface area (Å²) in [6, 6.07) is 16.5. The average Bonchev–Trinajstić information content (AvgIpc) is 2.93. The van der Waals surface area contributed by atoms with Gasteiger partial charge in [-0.1, -0.05) is 54.1 Å². The number of para-hydroxylation sites is 1. The second-order valence-electron chi connectivity index (χ2n) is 4.70. The molecule has 0 bridgehead atoms. The van der Waals surface area contributed by atoms with Crippen molar-refractivity contribution in [3.8, 4) is 0 Å². The van der Waals surface area contributed by atoms with E-state index in [1.165, 1.54) is 0 Å². The fourth-order valence-corrected chi connectivity index (χ4v) is 2.53. The minimum Gasteiger partial charge on any atom is -0.456 e. The fraction of sp³-hybridized carbons (Fsp3) is 0.125. The summed E-state index contributed by atoms with van der Waals surface area (Å²) in [5.74, 6) is 0.398. The molecule has 1 aromatic heterocycles. The van der Waals surface area contributed by atoms with Gasteiger partial charge in [0.05, 0.1) is 5.02 Å². The second-order valence-corrected chi connectivity index (χ2v) is 5.11. The minimum atomic E-state index is -1.36. The van der Waals surface area contributed by atoms with E-state index in [4.69, 9.17) is 21.8 Å². The smallest absolute Gasteiger partial charge is 0.159 e. The summed E-state index contributed by atoms with van der Waals surface area (Å²) in [6.07, 6.45) is 0. The van der Waals surface area contributed by atoms with Crippen LogP contribution in [0.4, 0.5) is 0 Å². The number of hydrogen-bond donors (Lipinski definition) is 2.